The molecule has 1 aliphatic rings. The maximum absolute atomic E-state index is 11.3. The van der Waals surface area contributed by atoms with Gasteiger partial charge in [-0.1, -0.05) is 0 Å². The van der Waals surface area contributed by atoms with Gasteiger partial charge in [0, 0.05) is 19.5 Å². The number of nitrogens with zero attached hydrogens (tertiary/aromatic N) is 1. The highest BCUT2D eigenvalue weighted by Crippen LogP contribution is 2.28. The van der Waals surface area contributed by atoms with Gasteiger partial charge in [0.05, 0.1) is 18.5 Å². The summed E-state index contributed by atoms with van der Waals surface area (Å²) >= 11 is 0. The van der Waals surface area contributed by atoms with Crippen molar-refractivity contribution in [1.82, 2.24) is 4.31 Å². The standard InChI is InChI=1S/C11H21NO5S/c1-3-17-10(13)4-5-11(14)6-8-12(9-7-11)18(2,15)16/h14H,3-9H2,1-2H3. The first-order valence-corrected chi connectivity index (χ1v) is 7.95. The van der Waals surface area contributed by atoms with Gasteiger partial charge in [0.15, 0.2) is 0 Å². The number of ether oxygens (including phenoxy) is 1. The van der Waals surface area contributed by atoms with Crippen LogP contribution in [0.25, 0.3) is 0 Å². The fourth-order valence-electron chi connectivity index (χ4n) is 2.05. The van der Waals surface area contributed by atoms with Crippen molar-refractivity contribution >= 4 is 16.0 Å². The van der Waals surface area contributed by atoms with E-state index >= 15 is 0 Å². The zero-order valence-electron chi connectivity index (χ0n) is 10.9. The average molecular weight is 279 g/mol. The first-order chi connectivity index (χ1) is 8.27. The van der Waals surface area contributed by atoms with E-state index in [1.54, 1.807) is 6.92 Å². The van der Waals surface area contributed by atoms with E-state index in [0.29, 0.717) is 39.0 Å². The van der Waals surface area contributed by atoms with Crippen LogP contribution in [0.15, 0.2) is 0 Å². The van der Waals surface area contributed by atoms with Gasteiger partial charge in [0.2, 0.25) is 10.0 Å². The van der Waals surface area contributed by atoms with Crippen molar-refractivity contribution in [2.24, 2.45) is 0 Å². The van der Waals surface area contributed by atoms with Crippen LogP contribution in [-0.2, 0) is 19.6 Å². The molecule has 0 amide bonds. The molecule has 1 rings (SSSR count). The topological polar surface area (TPSA) is 83.9 Å². The number of hydrogen-bond donors (Lipinski definition) is 1. The van der Waals surface area contributed by atoms with Crippen molar-refractivity contribution in [3.8, 4) is 0 Å². The molecule has 0 aliphatic carbocycles. The predicted octanol–water partition coefficient (Wildman–Crippen LogP) is 0.116. The number of hydrogen-bond acceptors (Lipinski definition) is 5. The number of esters is 1. The van der Waals surface area contributed by atoms with Gasteiger partial charge in [-0.2, -0.15) is 0 Å². The molecule has 0 spiro atoms. The molecule has 0 aromatic carbocycles. The van der Waals surface area contributed by atoms with Gasteiger partial charge in [0.25, 0.3) is 0 Å². The third-order valence-electron chi connectivity index (χ3n) is 3.22. The lowest BCUT2D eigenvalue weighted by Crippen LogP contribution is -2.46. The number of carbonyl (C=O) groups excluding carboxylic acids is 1. The average Bonchev–Trinajstić information content (AvgIpc) is 2.26. The first kappa shape index (κ1) is 15.4. The summed E-state index contributed by atoms with van der Waals surface area (Å²) in [5.74, 6) is -0.323. The van der Waals surface area contributed by atoms with Crippen molar-refractivity contribution in [2.45, 2.75) is 38.2 Å². The van der Waals surface area contributed by atoms with E-state index in [4.69, 9.17) is 4.74 Å². The minimum absolute atomic E-state index is 0.170. The van der Waals surface area contributed by atoms with Crippen molar-refractivity contribution < 1.29 is 23.1 Å². The van der Waals surface area contributed by atoms with Crippen LogP contribution in [0.5, 0.6) is 0 Å². The van der Waals surface area contributed by atoms with Crippen LogP contribution in [0.4, 0.5) is 0 Å². The predicted molar refractivity (Wildman–Crippen MR) is 66.5 cm³/mol. The Balaban J connectivity index is 2.42. The van der Waals surface area contributed by atoms with Crippen LogP contribution in [0.3, 0.4) is 0 Å². The molecule has 0 radical (unpaired) electrons. The Morgan fingerprint density at radius 2 is 1.94 bits per heavy atom. The Kier molecular flexibility index (Phi) is 5.12. The summed E-state index contributed by atoms with van der Waals surface area (Å²) < 4.78 is 28.8. The number of aliphatic hydroxyl groups is 1. The molecule has 0 aromatic rings. The lowest BCUT2D eigenvalue weighted by molar-refractivity contribution is -0.145. The maximum Gasteiger partial charge on any atom is 0.305 e. The smallest absolute Gasteiger partial charge is 0.305 e. The maximum atomic E-state index is 11.3. The first-order valence-electron chi connectivity index (χ1n) is 6.10. The van der Waals surface area contributed by atoms with Crippen molar-refractivity contribution in [2.75, 3.05) is 26.0 Å². The van der Waals surface area contributed by atoms with Gasteiger partial charge >= 0.3 is 5.97 Å². The number of sulfonamides is 1. The molecule has 6 nitrogen and oxygen atoms in total. The quantitative estimate of drug-likeness (QED) is 0.722. The molecule has 1 aliphatic heterocycles. The highest BCUT2D eigenvalue weighted by molar-refractivity contribution is 7.88. The monoisotopic (exact) mass is 279 g/mol. The normalized spacial score (nSPS) is 20.6. The molecular weight excluding hydrogens is 258 g/mol. The van der Waals surface area contributed by atoms with Crippen LogP contribution >= 0.6 is 0 Å². The largest absolute Gasteiger partial charge is 0.466 e. The Bertz CT molecular complexity index is 384. The molecule has 0 atom stereocenters. The molecule has 106 valence electrons. The molecule has 0 aromatic heterocycles. The summed E-state index contributed by atoms with van der Waals surface area (Å²) in [5, 5.41) is 10.2. The SMILES string of the molecule is CCOC(=O)CCC1(O)CCN(S(C)(=O)=O)CC1. The Morgan fingerprint density at radius 1 is 1.39 bits per heavy atom. The highest BCUT2D eigenvalue weighted by Gasteiger charge is 2.35. The second-order valence-electron chi connectivity index (χ2n) is 4.69. The minimum atomic E-state index is -3.19. The zero-order valence-corrected chi connectivity index (χ0v) is 11.7. The fraction of sp³-hybridized carbons (Fsp3) is 0.909. The fourth-order valence-corrected chi connectivity index (χ4v) is 2.90. The molecule has 0 saturated carbocycles. The van der Waals surface area contributed by atoms with E-state index in [1.165, 1.54) is 4.31 Å². The highest BCUT2D eigenvalue weighted by atomic mass is 32.2. The molecule has 7 heteroatoms. The van der Waals surface area contributed by atoms with Crippen molar-refractivity contribution in [3.05, 3.63) is 0 Å². The summed E-state index contributed by atoms with van der Waals surface area (Å²) in [7, 11) is -3.19. The summed E-state index contributed by atoms with van der Waals surface area (Å²) in [5.41, 5.74) is -0.950. The molecule has 0 bridgehead atoms. The van der Waals surface area contributed by atoms with Gasteiger partial charge in [-0.05, 0) is 26.2 Å². The van der Waals surface area contributed by atoms with Gasteiger partial charge in [-0.25, -0.2) is 12.7 Å². The molecule has 1 heterocycles. The third kappa shape index (κ3) is 4.55. The molecule has 1 fully saturated rings. The molecule has 1 saturated heterocycles. The van der Waals surface area contributed by atoms with E-state index in [1.807, 2.05) is 0 Å². The van der Waals surface area contributed by atoms with E-state index in [-0.39, 0.29) is 12.4 Å². The lowest BCUT2D eigenvalue weighted by atomic mass is 9.88. The molecular formula is C11H21NO5S. The van der Waals surface area contributed by atoms with E-state index in [0.717, 1.165) is 6.26 Å². The van der Waals surface area contributed by atoms with Crippen LogP contribution in [-0.4, -0.2) is 55.4 Å². The van der Waals surface area contributed by atoms with Crippen molar-refractivity contribution in [1.29, 1.82) is 0 Å². The van der Waals surface area contributed by atoms with Crippen LogP contribution in [0.1, 0.15) is 32.6 Å². The Morgan fingerprint density at radius 3 is 2.39 bits per heavy atom. The summed E-state index contributed by atoms with van der Waals surface area (Å²) in [6.45, 7) is 2.67. The minimum Gasteiger partial charge on any atom is -0.466 e. The van der Waals surface area contributed by atoms with E-state index < -0.39 is 15.6 Å². The molecule has 18 heavy (non-hydrogen) atoms. The second-order valence-corrected chi connectivity index (χ2v) is 6.67. The molecule has 0 unspecified atom stereocenters. The van der Waals surface area contributed by atoms with Crippen LogP contribution in [0.2, 0.25) is 0 Å². The van der Waals surface area contributed by atoms with E-state index in [2.05, 4.69) is 0 Å². The van der Waals surface area contributed by atoms with Crippen LogP contribution < -0.4 is 0 Å². The Labute approximate surface area is 108 Å². The third-order valence-corrected chi connectivity index (χ3v) is 4.53. The van der Waals surface area contributed by atoms with Gasteiger partial charge in [-0.3, -0.25) is 4.79 Å². The number of rotatable bonds is 5. The summed E-state index contributed by atoms with van der Waals surface area (Å²) in [6.07, 6.45) is 2.38. The van der Waals surface area contributed by atoms with Crippen LogP contribution in [0, 0.1) is 0 Å². The molecule has 1 N–H and O–H groups in total. The van der Waals surface area contributed by atoms with E-state index in [9.17, 15) is 18.3 Å². The summed E-state index contributed by atoms with van der Waals surface area (Å²) in [6, 6.07) is 0. The van der Waals surface area contributed by atoms with Gasteiger partial charge < -0.3 is 9.84 Å². The van der Waals surface area contributed by atoms with Gasteiger partial charge in [-0.15, -0.1) is 0 Å². The number of piperidine rings is 1. The van der Waals surface area contributed by atoms with Crippen molar-refractivity contribution in [3.63, 3.8) is 0 Å². The Hall–Kier alpha value is -0.660. The van der Waals surface area contributed by atoms with Gasteiger partial charge in [0.1, 0.15) is 0 Å². The number of carbonyl (C=O) groups is 1. The summed E-state index contributed by atoms with van der Waals surface area (Å²) in [4.78, 5) is 11.2. The zero-order chi connectivity index (χ0) is 13.8. The second kappa shape index (κ2) is 5.99. The lowest BCUT2D eigenvalue weighted by Gasteiger charge is -2.36.